The molecule has 5 heteroatoms. The minimum atomic E-state index is -0.632. The lowest BCUT2D eigenvalue weighted by Gasteiger charge is -2.29. The van der Waals surface area contributed by atoms with Crippen molar-refractivity contribution in [1.29, 1.82) is 0 Å². The van der Waals surface area contributed by atoms with E-state index in [2.05, 4.69) is 5.32 Å². The summed E-state index contributed by atoms with van der Waals surface area (Å²) >= 11 is 0. The molecule has 0 aromatic heterocycles. The van der Waals surface area contributed by atoms with Gasteiger partial charge in [0.2, 0.25) is 11.8 Å². The lowest BCUT2D eigenvalue weighted by atomic mass is 10.1. The summed E-state index contributed by atoms with van der Waals surface area (Å²) in [6, 6.07) is 5.70. The van der Waals surface area contributed by atoms with Crippen molar-refractivity contribution < 1.29 is 14.0 Å². The van der Waals surface area contributed by atoms with Gasteiger partial charge in [0.1, 0.15) is 11.9 Å². The number of benzene rings is 1. The third-order valence-corrected chi connectivity index (χ3v) is 3.61. The first-order valence-corrected chi connectivity index (χ1v) is 8.17. The van der Waals surface area contributed by atoms with Crippen LogP contribution in [0, 0.1) is 11.7 Å². The van der Waals surface area contributed by atoms with Crippen molar-refractivity contribution in [3.63, 3.8) is 0 Å². The summed E-state index contributed by atoms with van der Waals surface area (Å²) < 4.78 is 13.9. The molecule has 1 atom stereocenters. The Morgan fingerprint density at radius 3 is 2.43 bits per heavy atom. The smallest absolute Gasteiger partial charge is 0.242 e. The lowest BCUT2D eigenvalue weighted by Crippen LogP contribution is -2.48. The SMILES string of the molecule is CCCC(=O)N(Cc1ccccc1F)[C@H](C)C(=O)NCC(C)C. The fourth-order valence-corrected chi connectivity index (χ4v) is 2.20. The van der Waals surface area contributed by atoms with Crippen molar-refractivity contribution in [2.45, 2.75) is 53.1 Å². The van der Waals surface area contributed by atoms with Crippen LogP contribution in [-0.2, 0) is 16.1 Å². The van der Waals surface area contributed by atoms with Crippen molar-refractivity contribution in [2.75, 3.05) is 6.54 Å². The topological polar surface area (TPSA) is 49.4 Å². The molecule has 128 valence electrons. The Bertz CT molecular complexity index is 532. The van der Waals surface area contributed by atoms with E-state index in [9.17, 15) is 14.0 Å². The summed E-state index contributed by atoms with van der Waals surface area (Å²) in [4.78, 5) is 26.1. The number of hydrogen-bond donors (Lipinski definition) is 1. The molecule has 0 aliphatic rings. The van der Waals surface area contributed by atoms with Crippen LogP contribution in [0.25, 0.3) is 0 Å². The van der Waals surface area contributed by atoms with E-state index in [0.717, 1.165) is 0 Å². The number of amides is 2. The van der Waals surface area contributed by atoms with Gasteiger partial charge in [0.15, 0.2) is 0 Å². The average molecular weight is 322 g/mol. The zero-order valence-electron chi connectivity index (χ0n) is 14.4. The van der Waals surface area contributed by atoms with Crippen molar-refractivity contribution in [3.8, 4) is 0 Å². The molecule has 0 fully saturated rings. The summed E-state index contributed by atoms with van der Waals surface area (Å²) in [5.74, 6) is -0.378. The number of carbonyl (C=O) groups excluding carboxylic acids is 2. The highest BCUT2D eigenvalue weighted by atomic mass is 19.1. The zero-order chi connectivity index (χ0) is 17.4. The van der Waals surface area contributed by atoms with Gasteiger partial charge in [-0.2, -0.15) is 0 Å². The molecular formula is C18H27FN2O2. The first-order chi connectivity index (χ1) is 10.9. The van der Waals surface area contributed by atoms with Crippen LogP contribution in [0.1, 0.15) is 46.1 Å². The Hall–Kier alpha value is -1.91. The number of halogens is 1. The van der Waals surface area contributed by atoms with Gasteiger partial charge >= 0.3 is 0 Å². The van der Waals surface area contributed by atoms with Crippen LogP contribution in [0.2, 0.25) is 0 Å². The van der Waals surface area contributed by atoms with E-state index < -0.39 is 6.04 Å². The van der Waals surface area contributed by atoms with Crippen molar-refractivity contribution in [3.05, 3.63) is 35.6 Å². The molecule has 0 aliphatic heterocycles. The van der Waals surface area contributed by atoms with E-state index in [1.54, 1.807) is 25.1 Å². The molecule has 0 heterocycles. The van der Waals surface area contributed by atoms with E-state index in [1.807, 2.05) is 20.8 Å². The molecule has 0 saturated heterocycles. The summed E-state index contributed by atoms with van der Waals surface area (Å²) in [7, 11) is 0. The van der Waals surface area contributed by atoms with E-state index in [-0.39, 0.29) is 24.2 Å². The summed E-state index contributed by atoms with van der Waals surface area (Å²) in [6.45, 7) is 8.25. The summed E-state index contributed by atoms with van der Waals surface area (Å²) in [5.41, 5.74) is 0.417. The molecule has 0 unspecified atom stereocenters. The number of rotatable bonds is 8. The predicted octanol–water partition coefficient (Wildman–Crippen LogP) is 3.12. The van der Waals surface area contributed by atoms with Crippen molar-refractivity contribution in [2.24, 2.45) is 5.92 Å². The summed E-state index contributed by atoms with van der Waals surface area (Å²) in [5, 5.41) is 2.83. The Morgan fingerprint density at radius 2 is 1.87 bits per heavy atom. The molecular weight excluding hydrogens is 295 g/mol. The Morgan fingerprint density at radius 1 is 1.22 bits per heavy atom. The lowest BCUT2D eigenvalue weighted by molar-refractivity contribution is -0.140. The third-order valence-electron chi connectivity index (χ3n) is 3.61. The number of nitrogens with zero attached hydrogens (tertiary/aromatic N) is 1. The van der Waals surface area contributed by atoms with Gasteiger partial charge in [-0.3, -0.25) is 9.59 Å². The molecule has 1 N–H and O–H groups in total. The Labute approximate surface area is 138 Å². The van der Waals surface area contributed by atoms with Crippen LogP contribution >= 0.6 is 0 Å². The molecule has 0 bridgehead atoms. The van der Waals surface area contributed by atoms with Gasteiger partial charge in [-0.1, -0.05) is 39.0 Å². The second kappa shape index (κ2) is 9.28. The van der Waals surface area contributed by atoms with Gasteiger partial charge in [0, 0.05) is 25.1 Å². The first kappa shape index (κ1) is 19.1. The fraction of sp³-hybridized carbons (Fsp3) is 0.556. The minimum Gasteiger partial charge on any atom is -0.354 e. The first-order valence-electron chi connectivity index (χ1n) is 8.17. The third kappa shape index (κ3) is 6.00. The maximum absolute atomic E-state index is 13.9. The standard InChI is InChI=1S/C18H27FN2O2/c1-5-8-17(22)21(12-15-9-6-7-10-16(15)19)14(4)18(23)20-11-13(2)3/h6-7,9-10,13-14H,5,8,11-12H2,1-4H3,(H,20,23)/t14-/m1/s1. The van der Waals surface area contributed by atoms with Gasteiger partial charge < -0.3 is 10.2 Å². The highest BCUT2D eigenvalue weighted by molar-refractivity contribution is 5.87. The number of hydrogen-bond acceptors (Lipinski definition) is 2. The van der Waals surface area contributed by atoms with Crippen molar-refractivity contribution in [1.82, 2.24) is 10.2 Å². The van der Waals surface area contributed by atoms with E-state index in [1.165, 1.54) is 11.0 Å². The van der Waals surface area contributed by atoms with Crippen LogP contribution in [0.5, 0.6) is 0 Å². The monoisotopic (exact) mass is 322 g/mol. The van der Waals surface area contributed by atoms with Gasteiger partial charge in [0.25, 0.3) is 0 Å². The van der Waals surface area contributed by atoms with Gasteiger partial charge in [0.05, 0.1) is 0 Å². The highest BCUT2D eigenvalue weighted by Gasteiger charge is 2.26. The largest absolute Gasteiger partial charge is 0.354 e. The van der Waals surface area contributed by atoms with Gasteiger partial charge in [-0.25, -0.2) is 4.39 Å². The molecule has 0 aliphatic carbocycles. The Kier molecular flexibility index (Phi) is 7.72. The van der Waals surface area contributed by atoms with Crippen molar-refractivity contribution >= 4 is 11.8 Å². The second-order valence-electron chi connectivity index (χ2n) is 6.18. The van der Waals surface area contributed by atoms with Gasteiger partial charge in [-0.15, -0.1) is 0 Å². The molecule has 23 heavy (non-hydrogen) atoms. The fourth-order valence-electron chi connectivity index (χ4n) is 2.20. The molecule has 0 saturated carbocycles. The van der Waals surface area contributed by atoms with E-state index in [4.69, 9.17) is 0 Å². The van der Waals surface area contributed by atoms with Gasteiger partial charge in [-0.05, 0) is 25.3 Å². The summed E-state index contributed by atoms with van der Waals surface area (Å²) in [6.07, 6.45) is 1.03. The molecule has 2 amide bonds. The predicted molar refractivity (Wildman–Crippen MR) is 89.2 cm³/mol. The van der Waals surface area contributed by atoms with E-state index in [0.29, 0.717) is 30.9 Å². The molecule has 0 spiro atoms. The number of carbonyl (C=O) groups is 2. The molecule has 1 aromatic rings. The highest BCUT2D eigenvalue weighted by Crippen LogP contribution is 2.14. The molecule has 1 rings (SSSR count). The zero-order valence-corrected chi connectivity index (χ0v) is 14.4. The average Bonchev–Trinajstić information content (AvgIpc) is 2.51. The van der Waals surface area contributed by atoms with Crippen LogP contribution < -0.4 is 5.32 Å². The minimum absolute atomic E-state index is 0.0990. The molecule has 1 aromatic carbocycles. The molecule has 0 radical (unpaired) electrons. The number of nitrogens with one attached hydrogen (secondary N) is 1. The van der Waals surface area contributed by atoms with Crippen LogP contribution in [0.3, 0.4) is 0 Å². The second-order valence-corrected chi connectivity index (χ2v) is 6.18. The maximum Gasteiger partial charge on any atom is 0.242 e. The van der Waals surface area contributed by atoms with Crippen LogP contribution in [0.15, 0.2) is 24.3 Å². The molecule has 4 nitrogen and oxygen atoms in total. The quantitative estimate of drug-likeness (QED) is 0.799. The van der Waals surface area contributed by atoms with Crippen LogP contribution in [0.4, 0.5) is 4.39 Å². The maximum atomic E-state index is 13.9. The Balaban J connectivity index is 2.89. The normalized spacial score (nSPS) is 12.1. The van der Waals surface area contributed by atoms with E-state index >= 15 is 0 Å². The van der Waals surface area contributed by atoms with Crippen LogP contribution in [-0.4, -0.2) is 29.3 Å².